The van der Waals surface area contributed by atoms with Crippen LogP contribution in [0.2, 0.25) is 10.0 Å². The maximum atomic E-state index is 13.7. The van der Waals surface area contributed by atoms with Crippen molar-refractivity contribution in [2.75, 3.05) is 5.75 Å². The largest absolute Gasteiger partial charge is 0.352 e. The Bertz CT molecular complexity index is 1170. The van der Waals surface area contributed by atoms with Crippen LogP contribution >= 0.6 is 35.0 Å². The zero-order valence-electron chi connectivity index (χ0n) is 20.8. The molecule has 0 aliphatic carbocycles. The lowest BCUT2D eigenvalue weighted by Crippen LogP contribution is -2.52. The average Bonchev–Trinajstić information content (AvgIpc) is 2.84. The van der Waals surface area contributed by atoms with E-state index in [1.54, 1.807) is 28.8 Å². The minimum atomic E-state index is -0.671. The van der Waals surface area contributed by atoms with Crippen molar-refractivity contribution in [2.24, 2.45) is 0 Å². The lowest BCUT2D eigenvalue weighted by molar-refractivity contribution is -0.139. The van der Waals surface area contributed by atoms with Gasteiger partial charge in [-0.3, -0.25) is 9.59 Å². The second kappa shape index (κ2) is 13.7. The van der Waals surface area contributed by atoms with Crippen molar-refractivity contribution >= 4 is 46.8 Å². The molecule has 0 saturated carbocycles. The summed E-state index contributed by atoms with van der Waals surface area (Å²) < 4.78 is 0. The fourth-order valence-corrected chi connectivity index (χ4v) is 5.18. The Kier molecular flexibility index (Phi) is 10.7. The first-order valence-corrected chi connectivity index (χ1v) is 13.9. The summed E-state index contributed by atoms with van der Waals surface area (Å²) in [5, 5.41) is 3.88. The van der Waals surface area contributed by atoms with Gasteiger partial charge in [0.25, 0.3) is 0 Å². The third-order valence-corrected chi connectivity index (χ3v) is 7.49. The van der Waals surface area contributed by atoms with Gasteiger partial charge in [0, 0.05) is 24.8 Å². The molecule has 7 heteroatoms. The lowest BCUT2D eigenvalue weighted by atomic mass is 10.0. The van der Waals surface area contributed by atoms with Crippen LogP contribution in [0.1, 0.15) is 36.1 Å². The monoisotopic (exact) mass is 542 g/mol. The molecule has 4 nitrogen and oxygen atoms in total. The molecular formula is C29H32Cl2N2O2S. The van der Waals surface area contributed by atoms with Gasteiger partial charge in [-0.2, -0.15) is 0 Å². The Morgan fingerprint density at radius 2 is 1.61 bits per heavy atom. The maximum Gasteiger partial charge on any atom is 0.243 e. The fourth-order valence-electron chi connectivity index (χ4n) is 3.87. The maximum absolute atomic E-state index is 13.7. The molecule has 0 radical (unpaired) electrons. The van der Waals surface area contributed by atoms with E-state index in [9.17, 15) is 9.59 Å². The van der Waals surface area contributed by atoms with Crippen LogP contribution in [0.4, 0.5) is 0 Å². The van der Waals surface area contributed by atoms with E-state index in [0.717, 1.165) is 16.9 Å². The summed E-state index contributed by atoms with van der Waals surface area (Å²) >= 11 is 13.9. The zero-order valence-corrected chi connectivity index (χ0v) is 23.2. The van der Waals surface area contributed by atoms with E-state index >= 15 is 0 Å². The van der Waals surface area contributed by atoms with Crippen LogP contribution in [-0.2, 0) is 28.3 Å². The number of hydrogen-bond donors (Lipinski definition) is 1. The Morgan fingerprint density at radius 3 is 2.28 bits per heavy atom. The standard InChI is InChI=1S/C29H32Cl2N2O2S/c1-20(2)32-29(35)27(16-22-10-5-4-6-11-22)33(17-23-13-14-25(30)26(31)15-23)28(34)19-36-18-24-12-8-7-9-21(24)3/h4-15,20,27H,16-19H2,1-3H3,(H,32,35)/t27-/m1/s1. The Morgan fingerprint density at radius 1 is 0.917 bits per heavy atom. The Balaban J connectivity index is 1.88. The summed E-state index contributed by atoms with van der Waals surface area (Å²) in [7, 11) is 0. The molecule has 1 atom stereocenters. The van der Waals surface area contributed by atoms with Gasteiger partial charge in [0.1, 0.15) is 6.04 Å². The highest BCUT2D eigenvalue weighted by Crippen LogP contribution is 2.25. The number of rotatable bonds is 11. The molecule has 0 fully saturated rings. The van der Waals surface area contributed by atoms with Crippen molar-refractivity contribution in [2.45, 2.75) is 51.6 Å². The molecule has 3 aromatic carbocycles. The van der Waals surface area contributed by atoms with E-state index in [1.807, 2.05) is 62.4 Å². The predicted molar refractivity (Wildman–Crippen MR) is 152 cm³/mol. The van der Waals surface area contributed by atoms with E-state index in [-0.39, 0.29) is 30.2 Å². The number of carbonyl (C=O) groups excluding carboxylic acids is 2. The number of benzene rings is 3. The highest BCUT2D eigenvalue weighted by atomic mass is 35.5. The number of carbonyl (C=O) groups is 2. The van der Waals surface area contributed by atoms with Gasteiger partial charge in [-0.05, 0) is 55.2 Å². The second-order valence-electron chi connectivity index (χ2n) is 9.06. The smallest absolute Gasteiger partial charge is 0.243 e. The molecule has 0 heterocycles. The van der Waals surface area contributed by atoms with Crippen molar-refractivity contribution in [3.63, 3.8) is 0 Å². The molecule has 2 amide bonds. The number of thioether (sulfide) groups is 1. The molecule has 0 bridgehead atoms. The van der Waals surface area contributed by atoms with Crippen LogP contribution in [-0.4, -0.2) is 34.6 Å². The summed E-state index contributed by atoms with van der Waals surface area (Å²) in [6, 6.07) is 22.5. The van der Waals surface area contributed by atoms with Crippen molar-refractivity contribution in [1.29, 1.82) is 0 Å². The van der Waals surface area contributed by atoms with E-state index < -0.39 is 6.04 Å². The topological polar surface area (TPSA) is 49.4 Å². The Hall–Kier alpha value is -2.47. The number of halogens is 2. The molecule has 0 unspecified atom stereocenters. The molecule has 0 aliphatic heterocycles. The number of nitrogens with zero attached hydrogens (tertiary/aromatic N) is 1. The van der Waals surface area contributed by atoms with E-state index in [1.165, 1.54) is 11.1 Å². The van der Waals surface area contributed by atoms with Crippen molar-refractivity contribution in [3.05, 3.63) is 105 Å². The van der Waals surface area contributed by atoms with Crippen molar-refractivity contribution in [3.8, 4) is 0 Å². The third-order valence-electron chi connectivity index (χ3n) is 5.78. The first-order valence-electron chi connectivity index (χ1n) is 11.9. The summed E-state index contributed by atoms with van der Waals surface area (Å²) in [4.78, 5) is 28.7. The van der Waals surface area contributed by atoms with Crippen LogP contribution in [0.5, 0.6) is 0 Å². The van der Waals surface area contributed by atoms with E-state index in [2.05, 4.69) is 24.4 Å². The van der Waals surface area contributed by atoms with E-state index in [0.29, 0.717) is 16.5 Å². The zero-order chi connectivity index (χ0) is 26.1. The molecule has 1 N–H and O–H groups in total. The third kappa shape index (κ3) is 8.29. The van der Waals surface area contributed by atoms with Crippen molar-refractivity contribution in [1.82, 2.24) is 10.2 Å². The number of aryl methyl sites for hydroxylation is 1. The quantitative estimate of drug-likeness (QED) is 0.293. The molecule has 0 aliphatic rings. The number of amides is 2. The lowest BCUT2D eigenvalue weighted by Gasteiger charge is -2.32. The second-order valence-corrected chi connectivity index (χ2v) is 10.9. The molecule has 36 heavy (non-hydrogen) atoms. The number of nitrogens with one attached hydrogen (secondary N) is 1. The van der Waals surface area contributed by atoms with Gasteiger partial charge < -0.3 is 10.2 Å². The molecule has 3 rings (SSSR count). The minimum Gasteiger partial charge on any atom is -0.352 e. The van der Waals surface area contributed by atoms with Gasteiger partial charge in [0.15, 0.2) is 0 Å². The van der Waals surface area contributed by atoms with Crippen LogP contribution < -0.4 is 5.32 Å². The Labute approximate surface area is 228 Å². The normalized spacial score (nSPS) is 11.8. The molecular weight excluding hydrogens is 511 g/mol. The summed E-state index contributed by atoms with van der Waals surface area (Å²) in [6.07, 6.45) is 0.412. The van der Waals surface area contributed by atoms with Gasteiger partial charge in [0.05, 0.1) is 15.8 Å². The van der Waals surface area contributed by atoms with Crippen molar-refractivity contribution < 1.29 is 9.59 Å². The van der Waals surface area contributed by atoms with Gasteiger partial charge >= 0.3 is 0 Å². The van der Waals surface area contributed by atoms with Gasteiger partial charge in [-0.1, -0.05) is 83.9 Å². The summed E-state index contributed by atoms with van der Waals surface area (Å²) in [5.41, 5.74) is 4.20. The summed E-state index contributed by atoms with van der Waals surface area (Å²) in [5.74, 6) is 0.710. The van der Waals surface area contributed by atoms with Gasteiger partial charge in [-0.25, -0.2) is 0 Å². The fraction of sp³-hybridized carbons (Fsp3) is 0.310. The summed E-state index contributed by atoms with van der Waals surface area (Å²) in [6.45, 7) is 6.16. The average molecular weight is 544 g/mol. The van der Waals surface area contributed by atoms with Gasteiger partial charge in [0.2, 0.25) is 11.8 Å². The number of hydrogen-bond acceptors (Lipinski definition) is 3. The molecule has 190 valence electrons. The molecule has 0 aromatic heterocycles. The highest BCUT2D eigenvalue weighted by Gasteiger charge is 2.30. The van der Waals surface area contributed by atoms with Crippen LogP contribution in [0.25, 0.3) is 0 Å². The SMILES string of the molecule is Cc1ccccc1CSCC(=O)N(Cc1ccc(Cl)c(Cl)c1)[C@H](Cc1ccccc1)C(=O)NC(C)C. The van der Waals surface area contributed by atoms with E-state index in [4.69, 9.17) is 23.2 Å². The minimum absolute atomic E-state index is 0.0480. The molecule has 0 spiro atoms. The van der Waals surface area contributed by atoms with Crippen LogP contribution in [0.3, 0.4) is 0 Å². The first kappa shape index (κ1) is 28.1. The van der Waals surface area contributed by atoms with Crippen LogP contribution in [0, 0.1) is 6.92 Å². The highest BCUT2D eigenvalue weighted by molar-refractivity contribution is 7.99. The molecule has 3 aromatic rings. The predicted octanol–water partition coefficient (Wildman–Crippen LogP) is 6.70. The van der Waals surface area contributed by atoms with Crippen LogP contribution in [0.15, 0.2) is 72.8 Å². The first-order chi connectivity index (χ1) is 17.2. The molecule has 0 saturated heterocycles. The van der Waals surface area contributed by atoms with Gasteiger partial charge in [-0.15, -0.1) is 11.8 Å².